The van der Waals surface area contributed by atoms with Gasteiger partial charge in [0.2, 0.25) is 0 Å². The number of benzene rings is 1. The van der Waals surface area contributed by atoms with Crippen LogP contribution >= 0.6 is 0 Å². The molecule has 1 unspecified atom stereocenters. The van der Waals surface area contributed by atoms with Crippen molar-refractivity contribution >= 4 is 11.9 Å². The number of phenols is 1. The summed E-state index contributed by atoms with van der Waals surface area (Å²) in [5.41, 5.74) is 0.437. The highest BCUT2D eigenvalue weighted by molar-refractivity contribution is 5.94. The molecule has 98 valence electrons. The van der Waals surface area contributed by atoms with Crippen molar-refractivity contribution in [1.29, 1.82) is 0 Å². The second kappa shape index (κ2) is 6.05. The second-order valence-electron chi connectivity index (χ2n) is 4.08. The van der Waals surface area contributed by atoms with Crippen molar-refractivity contribution in [2.75, 3.05) is 6.54 Å². The van der Waals surface area contributed by atoms with Crippen LogP contribution < -0.4 is 0 Å². The molecule has 0 saturated heterocycles. The molecule has 1 aromatic carbocycles. The number of carboxylic acid groups (broad SMARTS) is 1. The van der Waals surface area contributed by atoms with Crippen LogP contribution in [0.25, 0.3) is 0 Å². The molecule has 1 amide bonds. The van der Waals surface area contributed by atoms with Gasteiger partial charge in [-0.15, -0.1) is 0 Å². The summed E-state index contributed by atoms with van der Waals surface area (Å²) >= 11 is 0. The molecular formula is C13H17NO4. The number of aromatic hydroxyl groups is 1. The van der Waals surface area contributed by atoms with Crippen molar-refractivity contribution in [2.45, 2.75) is 26.3 Å². The van der Waals surface area contributed by atoms with Gasteiger partial charge in [-0.1, -0.05) is 0 Å². The van der Waals surface area contributed by atoms with Crippen LogP contribution in [0.1, 0.15) is 30.6 Å². The first kappa shape index (κ1) is 14.0. The minimum atomic E-state index is -0.931. The Bertz CT molecular complexity index is 427. The van der Waals surface area contributed by atoms with Crippen LogP contribution in [0.4, 0.5) is 0 Å². The second-order valence-corrected chi connectivity index (χ2v) is 4.08. The standard InChI is InChI=1S/C13H17NO4/c1-3-14(9(2)8-12(16)17)13(18)10-4-6-11(15)7-5-10/h4-7,9,15H,3,8H2,1-2H3,(H,16,17). The fourth-order valence-electron chi connectivity index (χ4n) is 1.79. The van der Waals surface area contributed by atoms with Crippen LogP contribution in [0.2, 0.25) is 0 Å². The summed E-state index contributed by atoms with van der Waals surface area (Å²) in [5, 5.41) is 17.9. The maximum absolute atomic E-state index is 12.2. The van der Waals surface area contributed by atoms with E-state index in [1.54, 1.807) is 13.8 Å². The topological polar surface area (TPSA) is 77.8 Å². The van der Waals surface area contributed by atoms with Gasteiger partial charge in [-0.2, -0.15) is 0 Å². The zero-order valence-corrected chi connectivity index (χ0v) is 10.5. The molecule has 0 fully saturated rings. The SMILES string of the molecule is CCN(C(=O)c1ccc(O)cc1)C(C)CC(=O)O. The normalized spacial score (nSPS) is 11.9. The van der Waals surface area contributed by atoms with E-state index in [9.17, 15) is 9.59 Å². The highest BCUT2D eigenvalue weighted by atomic mass is 16.4. The Morgan fingerprint density at radius 3 is 2.28 bits per heavy atom. The number of carbonyl (C=O) groups excluding carboxylic acids is 1. The molecule has 1 atom stereocenters. The number of carbonyl (C=O) groups is 2. The third-order valence-electron chi connectivity index (χ3n) is 2.72. The average molecular weight is 251 g/mol. The van der Waals surface area contributed by atoms with Crippen LogP contribution in [0.5, 0.6) is 5.75 Å². The maximum atomic E-state index is 12.2. The van der Waals surface area contributed by atoms with Crippen LogP contribution in [0.3, 0.4) is 0 Å². The Morgan fingerprint density at radius 1 is 1.28 bits per heavy atom. The molecule has 0 aliphatic heterocycles. The zero-order chi connectivity index (χ0) is 13.7. The lowest BCUT2D eigenvalue weighted by molar-refractivity contribution is -0.138. The van der Waals surface area contributed by atoms with Gasteiger partial charge in [0.25, 0.3) is 5.91 Å². The summed E-state index contributed by atoms with van der Waals surface area (Å²) in [4.78, 5) is 24.3. The van der Waals surface area contributed by atoms with E-state index in [0.717, 1.165) is 0 Å². The van der Waals surface area contributed by atoms with E-state index in [4.69, 9.17) is 10.2 Å². The van der Waals surface area contributed by atoms with Crippen molar-refractivity contribution in [3.8, 4) is 5.75 Å². The lowest BCUT2D eigenvalue weighted by Gasteiger charge is -2.27. The van der Waals surface area contributed by atoms with E-state index in [1.807, 2.05) is 0 Å². The Hall–Kier alpha value is -2.04. The van der Waals surface area contributed by atoms with Crippen molar-refractivity contribution in [2.24, 2.45) is 0 Å². The molecule has 0 radical (unpaired) electrons. The average Bonchev–Trinajstić information content (AvgIpc) is 2.29. The lowest BCUT2D eigenvalue weighted by atomic mass is 10.1. The molecule has 0 heterocycles. The molecule has 5 heteroatoms. The molecule has 1 aromatic rings. The van der Waals surface area contributed by atoms with E-state index in [-0.39, 0.29) is 24.1 Å². The van der Waals surface area contributed by atoms with E-state index in [0.29, 0.717) is 12.1 Å². The zero-order valence-electron chi connectivity index (χ0n) is 10.5. The summed E-state index contributed by atoms with van der Waals surface area (Å²) in [6.45, 7) is 3.95. The van der Waals surface area contributed by atoms with Crippen molar-refractivity contribution < 1.29 is 19.8 Å². The Kier molecular flexibility index (Phi) is 4.71. The maximum Gasteiger partial charge on any atom is 0.305 e. The van der Waals surface area contributed by atoms with Crippen molar-refractivity contribution in [3.05, 3.63) is 29.8 Å². The van der Waals surface area contributed by atoms with E-state index < -0.39 is 5.97 Å². The first-order chi connectivity index (χ1) is 8.45. The highest BCUT2D eigenvalue weighted by Crippen LogP contribution is 2.14. The van der Waals surface area contributed by atoms with Gasteiger partial charge in [0, 0.05) is 18.2 Å². The summed E-state index contributed by atoms with van der Waals surface area (Å²) in [5.74, 6) is -1.07. The van der Waals surface area contributed by atoms with Crippen LogP contribution in [-0.2, 0) is 4.79 Å². The Labute approximate surface area is 106 Å². The minimum absolute atomic E-state index is 0.0857. The number of aliphatic carboxylic acids is 1. The molecule has 2 N–H and O–H groups in total. The first-order valence-corrected chi connectivity index (χ1v) is 5.77. The van der Waals surface area contributed by atoms with E-state index >= 15 is 0 Å². The molecule has 18 heavy (non-hydrogen) atoms. The number of hydrogen-bond acceptors (Lipinski definition) is 3. The quantitative estimate of drug-likeness (QED) is 0.835. The fourth-order valence-corrected chi connectivity index (χ4v) is 1.79. The third kappa shape index (κ3) is 3.48. The number of amides is 1. The van der Waals surface area contributed by atoms with Gasteiger partial charge in [-0.3, -0.25) is 9.59 Å². The molecule has 0 spiro atoms. The molecule has 0 aromatic heterocycles. The Balaban J connectivity index is 2.85. The molecule has 0 aliphatic carbocycles. The van der Waals surface area contributed by atoms with Crippen LogP contribution in [0.15, 0.2) is 24.3 Å². The van der Waals surface area contributed by atoms with Crippen LogP contribution in [-0.4, -0.2) is 39.6 Å². The molecular weight excluding hydrogens is 234 g/mol. The predicted octanol–water partition coefficient (Wildman–Crippen LogP) is 1.72. The number of carboxylic acids is 1. The molecule has 5 nitrogen and oxygen atoms in total. The number of hydrogen-bond donors (Lipinski definition) is 2. The fraction of sp³-hybridized carbons (Fsp3) is 0.385. The summed E-state index contributed by atoms with van der Waals surface area (Å²) in [6.07, 6.45) is -0.0857. The third-order valence-corrected chi connectivity index (χ3v) is 2.72. The highest BCUT2D eigenvalue weighted by Gasteiger charge is 2.21. The minimum Gasteiger partial charge on any atom is -0.508 e. The van der Waals surface area contributed by atoms with Gasteiger partial charge >= 0.3 is 5.97 Å². The lowest BCUT2D eigenvalue weighted by Crippen LogP contribution is -2.39. The van der Waals surface area contributed by atoms with Gasteiger partial charge in [-0.25, -0.2) is 0 Å². The number of nitrogens with zero attached hydrogens (tertiary/aromatic N) is 1. The monoisotopic (exact) mass is 251 g/mol. The van der Waals surface area contributed by atoms with Crippen LogP contribution in [0, 0.1) is 0 Å². The summed E-state index contributed by atoms with van der Waals surface area (Å²) in [7, 11) is 0. The van der Waals surface area contributed by atoms with Gasteiger partial charge in [0.15, 0.2) is 0 Å². The predicted molar refractivity (Wildman–Crippen MR) is 66.5 cm³/mol. The number of rotatable bonds is 5. The van der Waals surface area contributed by atoms with Gasteiger partial charge in [0.1, 0.15) is 5.75 Å². The summed E-state index contributed by atoms with van der Waals surface area (Å²) < 4.78 is 0. The van der Waals surface area contributed by atoms with Gasteiger partial charge < -0.3 is 15.1 Å². The number of phenolic OH excluding ortho intramolecular Hbond substituents is 1. The molecule has 0 bridgehead atoms. The Morgan fingerprint density at radius 2 is 1.83 bits per heavy atom. The van der Waals surface area contributed by atoms with E-state index in [2.05, 4.69) is 0 Å². The first-order valence-electron chi connectivity index (χ1n) is 5.77. The molecule has 1 rings (SSSR count). The molecule has 0 aliphatic rings. The summed E-state index contributed by atoms with van der Waals surface area (Å²) in [6, 6.07) is 5.54. The van der Waals surface area contributed by atoms with Crippen molar-refractivity contribution in [3.63, 3.8) is 0 Å². The smallest absolute Gasteiger partial charge is 0.305 e. The van der Waals surface area contributed by atoms with Gasteiger partial charge in [-0.05, 0) is 38.1 Å². The molecule has 0 saturated carbocycles. The largest absolute Gasteiger partial charge is 0.508 e. The van der Waals surface area contributed by atoms with Crippen molar-refractivity contribution in [1.82, 2.24) is 4.90 Å². The van der Waals surface area contributed by atoms with E-state index in [1.165, 1.54) is 29.2 Å². The van der Waals surface area contributed by atoms with Gasteiger partial charge in [0.05, 0.1) is 6.42 Å².